The largest absolute Gasteiger partial charge is 0.397 e. The second-order valence-corrected chi connectivity index (χ2v) is 5.64. The van der Waals surface area contributed by atoms with Gasteiger partial charge in [-0.05, 0) is 30.3 Å². The minimum atomic E-state index is -4.01. The molecule has 2 aromatic carbocycles. The number of nitrogens with two attached hydrogens (primary N) is 2. The Kier molecular flexibility index (Phi) is 3.99. The summed E-state index contributed by atoms with van der Waals surface area (Å²) in [6.07, 6.45) is 0. The van der Waals surface area contributed by atoms with E-state index < -0.39 is 16.1 Å². The SMILES string of the molecule is NC(=O)Nc1ccc(S(=O)(=O)Oc2ccccc2)cc1N. The highest BCUT2D eigenvalue weighted by Gasteiger charge is 2.18. The molecule has 21 heavy (non-hydrogen) atoms. The Balaban J connectivity index is 2.29. The van der Waals surface area contributed by atoms with E-state index in [4.69, 9.17) is 15.7 Å². The van der Waals surface area contributed by atoms with E-state index in [1.807, 2.05) is 0 Å². The lowest BCUT2D eigenvalue weighted by Crippen LogP contribution is -2.20. The Labute approximate surface area is 121 Å². The Hall–Kier alpha value is -2.74. The monoisotopic (exact) mass is 307 g/mol. The lowest BCUT2D eigenvalue weighted by Gasteiger charge is -2.10. The third-order valence-electron chi connectivity index (χ3n) is 2.52. The molecule has 0 bridgehead atoms. The summed E-state index contributed by atoms with van der Waals surface area (Å²) >= 11 is 0. The number of hydrogen-bond donors (Lipinski definition) is 3. The fourth-order valence-corrected chi connectivity index (χ4v) is 2.56. The van der Waals surface area contributed by atoms with Crippen molar-refractivity contribution in [2.75, 3.05) is 11.1 Å². The van der Waals surface area contributed by atoms with E-state index in [-0.39, 0.29) is 22.0 Å². The van der Waals surface area contributed by atoms with Crippen LogP contribution in [0.25, 0.3) is 0 Å². The van der Waals surface area contributed by atoms with Gasteiger partial charge >= 0.3 is 16.1 Å². The van der Waals surface area contributed by atoms with Crippen molar-refractivity contribution in [3.8, 4) is 5.75 Å². The molecular formula is C13H13N3O4S. The van der Waals surface area contributed by atoms with E-state index >= 15 is 0 Å². The minimum Gasteiger partial charge on any atom is -0.397 e. The van der Waals surface area contributed by atoms with Crippen LogP contribution in [0.5, 0.6) is 5.75 Å². The van der Waals surface area contributed by atoms with Crippen LogP contribution in [0.1, 0.15) is 0 Å². The maximum absolute atomic E-state index is 12.1. The standard InChI is InChI=1S/C13H13N3O4S/c14-11-8-10(6-7-12(11)16-13(15)17)21(18,19)20-9-4-2-1-3-5-9/h1-8H,14H2,(H3,15,16,17). The number of anilines is 2. The topological polar surface area (TPSA) is 125 Å². The Bertz CT molecular complexity index is 760. The van der Waals surface area contributed by atoms with E-state index in [1.165, 1.54) is 30.3 Å². The number of primary amides is 1. The molecule has 7 nitrogen and oxygen atoms in total. The normalized spacial score (nSPS) is 10.9. The number of hydrogen-bond acceptors (Lipinski definition) is 5. The van der Waals surface area contributed by atoms with Crippen LogP contribution in [0.4, 0.5) is 16.2 Å². The molecule has 0 heterocycles. The van der Waals surface area contributed by atoms with Gasteiger partial charge in [0.2, 0.25) is 0 Å². The molecule has 0 atom stereocenters. The molecule has 8 heteroatoms. The highest BCUT2D eigenvalue weighted by atomic mass is 32.2. The number of carbonyl (C=O) groups is 1. The molecule has 0 fully saturated rings. The molecule has 0 unspecified atom stereocenters. The van der Waals surface area contributed by atoms with Crippen molar-refractivity contribution in [1.82, 2.24) is 0 Å². The first kappa shape index (κ1) is 14.7. The second kappa shape index (κ2) is 5.71. The first-order valence-electron chi connectivity index (χ1n) is 5.84. The van der Waals surface area contributed by atoms with Crippen molar-refractivity contribution in [2.45, 2.75) is 4.90 Å². The zero-order valence-electron chi connectivity index (χ0n) is 10.8. The lowest BCUT2D eigenvalue weighted by molar-refractivity contribution is 0.259. The van der Waals surface area contributed by atoms with Crippen LogP contribution in [0.3, 0.4) is 0 Å². The van der Waals surface area contributed by atoms with Crippen LogP contribution < -0.4 is 21.0 Å². The van der Waals surface area contributed by atoms with Gasteiger partial charge in [-0.1, -0.05) is 18.2 Å². The first-order chi connectivity index (χ1) is 9.88. The molecule has 0 spiro atoms. The molecule has 0 radical (unpaired) electrons. The van der Waals surface area contributed by atoms with Crippen molar-refractivity contribution in [3.63, 3.8) is 0 Å². The van der Waals surface area contributed by atoms with Gasteiger partial charge in [0.25, 0.3) is 0 Å². The zero-order chi connectivity index (χ0) is 15.5. The Morgan fingerprint density at radius 1 is 1.10 bits per heavy atom. The highest BCUT2D eigenvalue weighted by Crippen LogP contribution is 2.24. The molecule has 0 aliphatic rings. The maximum atomic E-state index is 12.1. The van der Waals surface area contributed by atoms with Crippen molar-refractivity contribution < 1.29 is 17.4 Å². The molecule has 0 aromatic heterocycles. The first-order valence-corrected chi connectivity index (χ1v) is 7.25. The molecule has 0 saturated carbocycles. The van der Waals surface area contributed by atoms with Gasteiger partial charge in [0.05, 0.1) is 11.4 Å². The van der Waals surface area contributed by atoms with Gasteiger partial charge in [-0.25, -0.2) is 4.79 Å². The summed E-state index contributed by atoms with van der Waals surface area (Å²) in [5.41, 5.74) is 10.9. The van der Waals surface area contributed by atoms with Crippen LogP contribution >= 0.6 is 0 Å². The van der Waals surface area contributed by atoms with E-state index in [9.17, 15) is 13.2 Å². The summed E-state index contributed by atoms with van der Waals surface area (Å²) in [6, 6.07) is 11.1. The van der Waals surface area contributed by atoms with E-state index in [2.05, 4.69) is 5.32 Å². The van der Waals surface area contributed by atoms with Gasteiger partial charge in [0.15, 0.2) is 0 Å². The van der Waals surface area contributed by atoms with Crippen LogP contribution in [0.2, 0.25) is 0 Å². The molecular weight excluding hydrogens is 294 g/mol. The number of benzene rings is 2. The van der Waals surface area contributed by atoms with E-state index in [1.54, 1.807) is 18.2 Å². The van der Waals surface area contributed by atoms with E-state index in [0.717, 1.165) is 0 Å². The quantitative estimate of drug-likeness (QED) is 0.583. The molecule has 2 amide bonds. The number of nitrogen functional groups attached to an aromatic ring is 1. The third kappa shape index (κ3) is 3.63. The van der Waals surface area contributed by atoms with Gasteiger partial charge in [-0.2, -0.15) is 8.42 Å². The third-order valence-corrected chi connectivity index (χ3v) is 3.76. The summed E-state index contributed by atoms with van der Waals surface area (Å²) in [6.45, 7) is 0. The van der Waals surface area contributed by atoms with E-state index in [0.29, 0.717) is 0 Å². The highest BCUT2D eigenvalue weighted by molar-refractivity contribution is 7.87. The van der Waals surface area contributed by atoms with Crippen LogP contribution in [-0.2, 0) is 10.1 Å². The number of para-hydroxylation sites is 1. The summed E-state index contributed by atoms with van der Waals surface area (Å²) in [5, 5.41) is 2.28. The number of amides is 2. The zero-order valence-corrected chi connectivity index (χ0v) is 11.6. The maximum Gasteiger partial charge on any atom is 0.339 e. The second-order valence-electron chi connectivity index (χ2n) is 4.09. The van der Waals surface area contributed by atoms with Crippen molar-refractivity contribution >= 4 is 27.5 Å². The molecule has 2 aromatic rings. The number of rotatable bonds is 4. The summed E-state index contributed by atoms with van der Waals surface area (Å²) in [5.74, 6) is 0.190. The average molecular weight is 307 g/mol. The summed E-state index contributed by atoms with van der Waals surface area (Å²) in [7, 11) is -4.01. The molecule has 0 aliphatic heterocycles. The summed E-state index contributed by atoms with van der Waals surface area (Å²) in [4.78, 5) is 10.6. The van der Waals surface area contributed by atoms with Gasteiger partial charge in [-0.3, -0.25) is 0 Å². The summed E-state index contributed by atoms with van der Waals surface area (Å²) < 4.78 is 29.2. The van der Waals surface area contributed by atoms with Crippen LogP contribution in [-0.4, -0.2) is 14.4 Å². The van der Waals surface area contributed by atoms with Crippen molar-refractivity contribution in [3.05, 3.63) is 48.5 Å². The van der Waals surface area contributed by atoms with Gasteiger partial charge < -0.3 is 21.0 Å². The van der Waals surface area contributed by atoms with Crippen LogP contribution in [0.15, 0.2) is 53.4 Å². The predicted octanol–water partition coefficient (Wildman–Crippen LogP) is 1.53. The smallest absolute Gasteiger partial charge is 0.339 e. The van der Waals surface area contributed by atoms with Gasteiger partial charge in [0, 0.05) is 0 Å². The molecule has 5 N–H and O–H groups in total. The molecule has 2 rings (SSSR count). The molecule has 110 valence electrons. The fourth-order valence-electron chi connectivity index (χ4n) is 1.59. The number of carbonyl (C=O) groups excluding carboxylic acids is 1. The van der Waals surface area contributed by atoms with Crippen LogP contribution in [0, 0.1) is 0 Å². The molecule has 0 aliphatic carbocycles. The predicted molar refractivity (Wildman–Crippen MR) is 78.3 cm³/mol. The minimum absolute atomic E-state index is 0.0616. The molecule has 0 saturated heterocycles. The Morgan fingerprint density at radius 3 is 2.33 bits per heavy atom. The average Bonchev–Trinajstić information content (AvgIpc) is 2.41. The van der Waals surface area contributed by atoms with Gasteiger partial charge in [-0.15, -0.1) is 0 Å². The number of nitrogens with one attached hydrogen (secondary N) is 1. The number of urea groups is 1. The lowest BCUT2D eigenvalue weighted by atomic mass is 10.3. The van der Waals surface area contributed by atoms with Crippen molar-refractivity contribution in [1.29, 1.82) is 0 Å². The fraction of sp³-hybridized carbons (Fsp3) is 0. The van der Waals surface area contributed by atoms with Crippen molar-refractivity contribution in [2.24, 2.45) is 5.73 Å². The van der Waals surface area contributed by atoms with Gasteiger partial charge in [0.1, 0.15) is 10.6 Å². The Morgan fingerprint density at radius 2 is 1.76 bits per heavy atom.